The minimum atomic E-state index is -1.35. The maximum absolute atomic E-state index is 5.44. The molecule has 0 saturated heterocycles. The van der Waals surface area contributed by atoms with E-state index < -0.39 is 36.6 Å². The average Bonchev–Trinajstić information content (AvgIpc) is 2.87. The van der Waals surface area contributed by atoms with Gasteiger partial charge < -0.3 is 26.6 Å². The topological polar surface area (TPSA) is 55.4 Å². The van der Waals surface area contributed by atoms with E-state index in [-0.39, 0.29) is 0 Å². The number of hydrogen-bond donors (Lipinski definition) is 0. The van der Waals surface area contributed by atoms with Gasteiger partial charge in [0.2, 0.25) is 0 Å². The van der Waals surface area contributed by atoms with Crippen molar-refractivity contribution in [2.75, 3.05) is 42.7 Å². The molecule has 206 valence electrons. The molecule has 34 heavy (non-hydrogen) atoms. The second-order valence-corrected chi connectivity index (χ2v) is 20.1. The van der Waals surface area contributed by atoms with E-state index in [0.717, 1.165) is 18.1 Å². The second kappa shape index (κ2) is 26.7. The maximum Gasteiger partial charge on any atom is 0.320 e. The van der Waals surface area contributed by atoms with Crippen LogP contribution in [-0.4, -0.2) is 79.3 Å². The SMILES string of the molecule is CO[SiH](CCCCCC[SiH](CCCCCC[SiH](OC)OC)CCCCCC[SiH](OC)OC)OC. The predicted octanol–water partition coefficient (Wildman–Crippen LogP) is 5.43. The molecule has 0 aliphatic heterocycles. The summed E-state index contributed by atoms with van der Waals surface area (Å²) in [6, 6.07) is 8.08. The van der Waals surface area contributed by atoms with Gasteiger partial charge in [0.15, 0.2) is 0 Å². The van der Waals surface area contributed by atoms with Crippen LogP contribution in [0, 0.1) is 0 Å². The van der Waals surface area contributed by atoms with Crippen molar-refractivity contribution in [3.63, 3.8) is 0 Å². The highest BCUT2D eigenvalue weighted by Crippen LogP contribution is 2.21. The third kappa shape index (κ3) is 20.8. The summed E-state index contributed by atoms with van der Waals surface area (Å²) in [6.07, 6.45) is 16.3. The van der Waals surface area contributed by atoms with Gasteiger partial charge in [-0.15, -0.1) is 0 Å². The molecule has 0 heterocycles. The molecule has 0 spiro atoms. The largest absolute Gasteiger partial charge is 0.400 e. The van der Waals surface area contributed by atoms with Gasteiger partial charge in [-0.2, -0.15) is 0 Å². The van der Waals surface area contributed by atoms with Crippen LogP contribution in [-0.2, 0) is 26.6 Å². The molecule has 0 bridgehead atoms. The summed E-state index contributed by atoms with van der Waals surface area (Å²) >= 11 is 0. The van der Waals surface area contributed by atoms with E-state index in [4.69, 9.17) is 26.6 Å². The highest BCUT2D eigenvalue weighted by Gasteiger charge is 2.13. The van der Waals surface area contributed by atoms with Crippen molar-refractivity contribution in [1.29, 1.82) is 0 Å². The van der Waals surface area contributed by atoms with Gasteiger partial charge in [0.05, 0.1) is 0 Å². The van der Waals surface area contributed by atoms with Crippen LogP contribution in [0.15, 0.2) is 0 Å². The third-order valence-corrected chi connectivity index (χ3v) is 16.5. The first-order valence-corrected chi connectivity index (χ1v) is 21.5. The van der Waals surface area contributed by atoms with Gasteiger partial charge in [-0.25, -0.2) is 0 Å². The lowest BCUT2D eigenvalue weighted by Crippen LogP contribution is -2.18. The molecular weight excluding hydrogens is 497 g/mol. The Bertz CT molecular complexity index is 343. The Balaban J connectivity index is 4.10. The Morgan fingerprint density at radius 3 is 0.706 bits per heavy atom. The summed E-state index contributed by atoms with van der Waals surface area (Å²) < 4.78 is 32.6. The van der Waals surface area contributed by atoms with Crippen molar-refractivity contribution < 1.29 is 26.6 Å². The molecule has 6 nitrogen and oxygen atoms in total. The Morgan fingerprint density at radius 1 is 0.294 bits per heavy atom. The smallest absolute Gasteiger partial charge is 0.320 e. The zero-order valence-electron chi connectivity index (χ0n) is 23.5. The van der Waals surface area contributed by atoms with E-state index in [2.05, 4.69) is 0 Å². The lowest BCUT2D eigenvalue weighted by Gasteiger charge is -2.16. The monoisotopic (exact) mass is 554 g/mol. The summed E-state index contributed by atoms with van der Waals surface area (Å²) in [6.45, 7) is 0. The molecule has 0 aliphatic carbocycles. The van der Waals surface area contributed by atoms with Crippen LogP contribution in [0.25, 0.3) is 0 Å². The molecule has 0 aromatic heterocycles. The number of unbranched alkanes of at least 4 members (excludes halogenated alkanes) is 9. The highest BCUT2D eigenvalue weighted by molar-refractivity contribution is 6.58. The standard InChI is InChI=1S/C24H58O6Si4/c1-25-32(26-2)22-16-10-7-13-19-31(20-14-8-11-17-23-33(27-3)28-4)21-15-9-12-18-24-34(29-5)30-6/h31-34H,7-24H2,1-6H3. The van der Waals surface area contributed by atoms with E-state index in [9.17, 15) is 0 Å². The van der Waals surface area contributed by atoms with Gasteiger partial charge in [-0.05, 0) is 18.1 Å². The molecule has 0 aromatic rings. The fourth-order valence-electron chi connectivity index (χ4n) is 4.72. The summed E-state index contributed by atoms with van der Waals surface area (Å²) in [5, 5.41) is 0. The average molecular weight is 555 g/mol. The molecular formula is C24H58O6Si4. The minimum Gasteiger partial charge on any atom is -0.400 e. The molecule has 10 heteroatoms. The first-order valence-electron chi connectivity index (χ1n) is 13.8. The molecule has 0 atom stereocenters. The minimum absolute atomic E-state index is 0.606. The van der Waals surface area contributed by atoms with E-state index >= 15 is 0 Å². The Morgan fingerprint density at radius 2 is 0.500 bits per heavy atom. The van der Waals surface area contributed by atoms with Gasteiger partial charge in [-0.3, -0.25) is 0 Å². The van der Waals surface area contributed by atoms with E-state index in [0.29, 0.717) is 0 Å². The number of hydrogen-bond acceptors (Lipinski definition) is 6. The zero-order chi connectivity index (χ0) is 25.3. The molecule has 0 N–H and O–H groups in total. The first kappa shape index (κ1) is 34.6. The van der Waals surface area contributed by atoms with E-state index in [1.807, 2.05) is 0 Å². The van der Waals surface area contributed by atoms with Crippen molar-refractivity contribution >= 4 is 36.6 Å². The van der Waals surface area contributed by atoms with Gasteiger partial charge in [0.1, 0.15) is 0 Å². The van der Waals surface area contributed by atoms with Crippen LogP contribution in [0.5, 0.6) is 0 Å². The van der Waals surface area contributed by atoms with Crippen molar-refractivity contribution in [3.8, 4) is 0 Å². The van der Waals surface area contributed by atoms with Crippen molar-refractivity contribution in [3.05, 3.63) is 0 Å². The van der Waals surface area contributed by atoms with Crippen LogP contribution in [0.2, 0.25) is 36.3 Å². The molecule has 0 unspecified atom stereocenters. The van der Waals surface area contributed by atoms with Crippen LogP contribution in [0.1, 0.15) is 77.0 Å². The molecule has 0 fully saturated rings. The van der Waals surface area contributed by atoms with Gasteiger partial charge in [-0.1, -0.05) is 95.2 Å². The molecule has 0 rings (SSSR count). The molecule has 0 aliphatic rings. The zero-order valence-corrected chi connectivity index (χ0v) is 28.1. The first-order chi connectivity index (χ1) is 16.6. The quantitative estimate of drug-likeness (QED) is 0.0996. The Kier molecular flexibility index (Phi) is 27.2. The number of rotatable bonds is 27. The van der Waals surface area contributed by atoms with Crippen LogP contribution < -0.4 is 0 Å². The summed E-state index contributed by atoms with van der Waals surface area (Å²) in [4.78, 5) is 0. The lowest BCUT2D eigenvalue weighted by molar-refractivity contribution is 0.276. The van der Waals surface area contributed by atoms with E-state index in [1.165, 1.54) is 77.0 Å². The molecule has 0 aromatic carbocycles. The van der Waals surface area contributed by atoms with Crippen LogP contribution in [0.3, 0.4) is 0 Å². The van der Waals surface area contributed by atoms with Crippen molar-refractivity contribution in [1.82, 2.24) is 0 Å². The Labute approximate surface area is 218 Å². The predicted molar refractivity (Wildman–Crippen MR) is 155 cm³/mol. The summed E-state index contributed by atoms with van der Waals surface area (Å²) in [5.41, 5.74) is 0. The summed E-state index contributed by atoms with van der Waals surface area (Å²) in [7, 11) is 6.09. The normalized spacial score (nSPS) is 12.2. The van der Waals surface area contributed by atoms with Crippen LogP contribution in [0.4, 0.5) is 0 Å². The van der Waals surface area contributed by atoms with Gasteiger partial charge in [0, 0.05) is 51.5 Å². The van der Waals surface area contributed by atoms with Gasteiger partial charge in [0.25, 0.3) is 0 Å². The summed E-state index contributed by atoms with van der Waals surface area (Å²) in [5.74, 6) is 0. The highest BCUT2D eigenvalue weighted by atomic mass is 28.3. The fraction of sp³-hybridized carbons (Fsp3) is 1.00. The third-order valence-electron chi connectivity index (χ3n) is 6.98. The second-order valence-electron chi connectivity index (χ2n) is 9.54. The fourth-order valence-corrected chi connectivity index (χ4v) is 12.0. The Hall–Kier alpha value is 0.628. The molecule has 0 amide bonds. The molecule has 0 radical (unpaired) electrons. The lowest BCUT2D eigenvalue weighted by atomic mass is 10.2. The maximum atomic E-state index is 5.44. The van der Waals surface area contributed by atoms with Gasteiger partial charge >= 0.3 is 27.9 Å². The van der Waals surface area contributed by atoms with Crippen molar-refractivity contribution in [2.24, 2.45) is 0 Å². The van der Waals surface area contributed by atoms with Crippen LogP contribution >= 0.6 is 0 Å². The molecule has 0 saturated carbocycles. The van der Waals surface area contributed by atoms with E-state index in [1.54, 1.807) is 60.8 Å². The van der Waals surface area contributed by atoms with Crippen molar-refractivity contribution in [2.45, 2.75) is 113 Å².